The zero-order valence-electron chi connectivity index (χ0n) is 22.5. The van der Waals surface area contributed by atoms with Gasteiger partial charge >= 0.3 is 18.5 Å². The molecular formula is C30H17F9N6. The van der Waals surface area contributed by atoms with Crippen molar-refractivity contribution in [3.8, 4) is 17.1 Å². The molecule has 0 saturated carbocycles. The van der Waals surface area contributed by atoms with Crippen LogP contribution in [-0.4, -0.2) is 28.7 Å². The van der Waals surface area contributed by atoms with E-state index >= 15 is 0 Å². The van der Waals surface area contributed by atoms with Gasteiger partial charge in [-0.3, -0.25) is 13.7 Å². The minimum Gasteiger partial charge on any atom is -0.289 e. The van der Waals surface area contributed by atoms with Crippen molar-refractivity contribution in [1.82, 2.24) is 28.7 Å². The average Bonchev–Trinajstić information content (AvgIpc) is 3.68. The summed E-state index contributed by atoms with van der Waals surface area (Å²) in [5, 5.41) is 0. The Labute approximate surface area is 246 Å². The molecule has 1 aliphatic rings. The molecule has 0 radical (unpaired) electrons. The number of halogens is 9. The minimum atomic E-state index is -5.04. The molecule has 1 aliphatic carbocycles. The molecule has 6 aromatic rings. The second kappa shape index (κ2) is 9.71. The standard InChI is InChI=1S/C30H17F9N6/c31-28(32,33)25-40-19-7-1-4-10-22(19)43(25)16-13-17(44-23-11-5-2-8-20(23)41-26(44)29(34,35)36)15-18(14-16)45-24-12-6-3-9-21(24)42-27(45)30(37,38)39/h1-2,4-8,10-15H,3,9H2. The van der Waals surface area contributed by atoms with Crippen LogP contribution in [0.25, 0.3) is 45.2 Å². The highest BCUT2D eigenvalue weighted by Gasteiger charge is 2.42. The molecule has 3 aromatic heterocycles. The van der Waals surface area contributed by atoms with Gasteiger partial charge in [0.1, 0.15) is 0 Å². The molecule has 15 heteroatoms. The van der Waals surface area contributed by atoms with E-state index in [9.17, 15) is 39.5 Å². The second-order valence-corrected chi connectivity index (χ2v) is 10.3. The maximum absolute atomic E-state index is 14.4. The molecule has 6 nitrogen and oxygen atoms in total. The lowest BCUT2D eigenvalue weighted by molar-refractivity contribution is -0.146. The van der Waals surface area contributed by atoms with E-state index in [0.717, 1.165) is 18.2 Å². The summed E-state index contributed by atoms with van der Waals surface area (Å²) in [5.74, 6) is -4.20. The summed E-state index contributed by atoms with van der Waals surface area (Å²) >= 11 is 0. The van der Waals surface area contributed by atoms with Gasteiger partial charge in [-0.15, -0.1) is 0 Å². The number of hydrogen-bond acceptors (Lipinski definition) is 3. The number of nitrogens with zero attached hydrogens (tertiary/aromatic N) is 6. The number of fused-ring (bicyclic) bond motifs is 3. The molecule has 3 heterocycles. The average molecular weight is 632 g/mol. The Bertz CT molecular complexity index is 2030. The second-order valence-electron chi connectivity index (χ2n) is 10.3. The van der Waals surface area contributed by atoms with Gasteiger partial charge in [0, 0.05) is 0 Å². The highest BCUT2D eigenvalue weighted by Crippen LogP contribution is 2.40. The number of imidazole rings is 3. The number of hydrogen-bond donors (Lipinski definition) is 0. The number of rotatable bonds is 3. The molecule has 45 heavy (non-hydrogen) atoms. The molecule has 3 aromatic carbocycles. The first-order valence-electron chi connectivity index (χ1n) is 13.3. The van der Waals surface area contributed by atoms with Gasteiger partial charge in [-0.25, -0.2) is 15.0 Å². The Balaban J connectivity index is 1.63. The monoisotopic (exact) mass is 632 g/mol. The van der Waals surface area contributed by atoms with Crippen molar-refractivity contribution in [2.24, 2.45) is 0 Å². The number of aryl methyl sites for hydroxylation is 1. The Hall–Kier alpha value is -5.08. The third-order valence-electron chi connectivity index (χ3n) is 7.36. The SMILES string of the molecule is FC(F)(F)c1nc2c(n1-c1cc(-n3c(C(F)(F)F)nc4ccccc43)cc(-n3c(C(F)(F)F)nc4ccccc43)c1)C=CCC2. The summed E-state index contributed by atoms with van der Waals surface area (Å²) < 4.78 is 131. The van der Waals surface area contributed by atoms with Crippen LogP contribution in [0.4, 0.5) is 39.5 Å². The van der Waals surface area contributed by atoms with Crippen molar-refractivity contribution < 1.29 is 39.5 Å². The summed E-state index contributed by atoms with van der Waals surface area (Å²) in [4.78, 5) is 11.2. The number of allylic oxidation sites excluding steroid dienone is 1. The van der Waals surface area contributed by atoms with E-state index in [1.807, 2.05) is 0 Å². The van der Waals surface area contributed by atoms with Crippen LogP contribution in [0.2, 0.25) is 0 Å². The Kier molecular flexibility index (Phi) is 6.19. The van der Waals surface area contributed by atoms with Crippen LogP contribution >= 0.6 is 0 Å². The predicted molar refractivity (Wildman–Crippen MR) is 145 cm³/mol. The van der Waals surface area contributed by atoms with Crippen LogP contribution < -0.4 is 0 Å². The van der Waals surface area contributed by atoms with Gasteiger partial charge in [0.2, 0.25) is 17.5 Å². The fourth-order valence-corrected chi connectivity index (χ4v) is 5.62. The van der Waals surface area contributed by atoms with Crippen LogP contribution in [-0.2, 0) is 24.9 Å². The predicted octanol–water partition coefficient (Wildman–Crippen LogP) is 8.57. The molecule has 0 amide bonds. The lowest BCUT2D eigenvalue weighted by Crippen LogP contribution is -2.18. The quantitative estimate of drug-likeness (QED) is 0.184. The molecular weight excluding hydrogens is 615 g/mol. The summed E-state index contributed by atoms with van der Waals surface area (Å²) in [6.45, 7) is 0. The molecule has 0 atom stereocenters. The van der Waals surface area contributed by atoms with Crippen molar-refractivity contribution in [1.29, 1.82) is 0 Å². The summed E-state index contributed by atoms with van der Waals surface area (Å²) in [5.41, 5.74) is -1.34. The fourth-order valence-electron chi connectivity index (χ4n) is 5.62. The molecule has 0 bridgehead atoms. The number of alkyl halides is 9. The van der Waals surface area contributed by atoms with E-state index in [1.54, 1.807) is 6.08 Å². The van der Waals surface area contributed by atoms with Crippen LogP contribution in [0.5, 0.6) is 0 Å². The molecule has 0 spiro atoms. The first-order chi connectivity index (χ1) is 21.2. The maximum Gasteiger partial charge on any atom is 0.450 e. The third kappa shape index (κ3) is 4.73. The van der Waals surface area contributed by atoms with Crippen LogP contribution in [0.15, 0.2) is 72.8 Å². The Morgan fingerprint density at radius 1 is 0.533 bits per heavy atom. The van der Waals surface area contributed by atoms with Gasteiger partial charge in [0.25, 0.3) is 0 Å². The molecule has 230 valence electrons. The zero-order valence-corrected chi connectivity index (χ0v) is 22.5. The van der Waals surface area contributed by atoms with Gasteiger partial charge in [0.05, 0.1) is 50.5 Å². The number of para-hydroxylation sites is 4. The first-order valence-corrected chi connectivity index (χ1v) is 13.3. The number of benzene rings is 3. The molecule has 0 unspecified atom stereocenters. The highest BCUT2D eigenvalue weighted by atomic mass is 19.4. The van der Waals surface area contributed by atoms with Crippen LogP contribution in [0, 0.1) is 0 Å². The van der Waals surface area contributed by atoms with Crippen molar-refractivity contribution in [2.45, 2.75) is 31.4 Å². The molecule has 0 aliphatic heterocycles. The molecule has 0 fully saturated rings. The van der Waals surface area contributed by atoms with E-state index in [2.05, 4.69) is 15.0 Å². The van der Waals surface area contributed by atoms with E-state index in [4.69, 9.17) is 0 Å². The largest absolute Gasteiger partial charge is 0.450 e. The van der Waals surface area contributed by atoms with Gasteiger partial charge in [-0.1, -0.05) is 30.3 Å². The zero-order chi connectivity index (χ0) is 31.9. The van der Waals surface area contributed by atoms with Crippen LogP contribution in [0.3, 0.4) is 0 Å². The van der Waals surface area contributed by atoms with Gasteiger partial charge in [-0.2, -0.15) is 39.5 Å². The molecule has 0 saturated heterocycles. The summed E-state index contributed by atoms with van der Waals surface area (Å²) in [7, 11) is 0. The van der Waals surface area contributed by atoms with Crippen molar-refractivity contribution in [3.63, 3.8) is 0 Å². The van der Waals surface area contributed by atoms with Gasteiger partial charge in [0.15, 0.2) is 0 Å². The van der Waals surface area contributed by atoms with Gasteiger partial charge < -0.3 is 0 Å². The lowest BCUT2D eigenvalue weighted by Gasteiger charge is -2.20. The van der Waals surface area contributed by atoms with E-state index < -0.39 is 36.0 Å². The van der Waals surface area contributed by atoms with Crippen LogP contribution in [0.1, 0.15) is 35.3 Å². The summed E-state index contributed by atoms with van der Waals surface area (Å²) in [6.07, 6.45) is -11.5. The molecule has 0 N–H and O–H groups in total. The fraction of sp³-hybridized carbons (Fsp3) is 0.167. The Morgan fingerprint density at radius 3 is 1.42 bits per heavy atom. The summed E-state index contributed by atoms with van der Waals surface area (Å²) in [6, 6.07) is 14.2. The van der Waals surface area contributed by atoms with E-state index in [0.29, 0.717) is 20.1 Å². The smallest absolute Gasteiger partial charge is 0.289 e. The normalized spacial score (nSPS) is 14.1. The van der Waals surface area contributed by atoms with Crippen molar-refractivity contribution >= 4 is 28.1 Å². The number of aromatic nitrogens is 6. The molecule has 7 rings (SSSR count). The topological polar surface area (TPSA) is 53.5 Å². The van der Waals surface area contributed by atoms with Gasteiger partial charge in [-0.05, 0) is 61.4 Å². The van der Waals surface area contributed by atoms with E-state index in [-0.39, 0.29) is 56.9 Å². The lowest BCUT2D eigenvalue weighted by atomic mass is 10.1. The maximum atomic E-state index is 14.4. The van der Waals surface area contributed by atoms with Crippen molar-refractivity contribution in [3.05, 3.63) is 102 Å². The van der Waals surface area contributed by atoms with Crippen molar-refractivity contribution in [2.75, 3.05) is 0 Å². The highest BCUT2D eigenvalue weighted by molar-refractivity contribution is 5.81. The first kappa shape index (κ1) is 28.7. The van der Waals surface area contributed by atoms with E-state index in [1.165, 1.54) is 54.6 Å². The Morgan fingerprint density at radius 2 is 0.956 bits per heavy atom. The minimum absolute atomic E-state index is 0.00902. The third-order valence-corrected chi connectivity index (χ3v) is 7.36.